The molecule has 1 aromatic heterocycles. The van der Waals surface area contributed by atoms with Crippen molar-refractivity contribution in [3.8, 4) is 0 Å². The van der Waals surface area contributed by atoms with Crippen molar-refractivity contribution in [2.24, 2.45) is 5.73 Å². The van der Waals surface area contributed by atoms with Gasteiger partial charge in [-0.25, -0.2) is 4.98 Å². The lowest BCUT2D eigenvalue weighted by atomic mass is 10.2. The van der Waals surface area contributed by atoms with E-state index in [2.05, 4.69) is 4.98 Å². The maximum Gasteiger partial charge on any atom is 0.168 e. The molecule has 0 radical (unpaired) electrons. The van der Waals surface area contributed by atoms with Crippen LogP contribution in [0.25, 0.3) is 11.0 Å². The van der Waals surface area contributed by atoms with Gasteiger partial charge in [0.15, 0.2) is 5.78 Å². The Labute approximate surface area is 87.7 Å². The minimum absolute atomic E-state index is 0.0122. The van der Waals surface area contributed by atoms with Crippen LogP contribution in [-0.4, -0.2) is 21.4 Å². The molecule has 0 fully saturated rings. The molecule has 2 N–H and O–H groups in total. The van der Waals surface area contributed by atoms with E-state index in [1.54, 1.807) is 13.3 Å². The van der Waals surface area contributed by atoms with Gasteiger partial charge in [0.1, 0.15) is 0 Å². The molecule has 78 valence electrons. The molecule has 2 aromatic rings. The highest BCUT2D eigenvalue weighted by Crippen LogP contribution is 2.11. The van der Waals surface area contributed by atoms with E-state index in [9.17, 15) is 4.79 Å². The summed E-state index contributed by atoms with van der Waals surface area (Å²) in [5, 5.41) is 0. The van der Waals surface area contributed by atoms with E-state index in [-0.39, 0.29) is 12.3 Å². The molecule has 1 aromatic carbocycles. The van der Waals surface area contributed by atoms with Gasteiger partial charge in [0.05, 0.1) is 29.9 Å². The van der Waals surface area contributed by atoms with Crippen LogP contribution in [0, 0.1) is 0 Å². The molecule has 4 heteroatoms. The minimum Gasteiger partial charge on any atom is -0.323 e. The summed E-state index contributed by atoms with van der Waals surface area (Å²) < 4.78 is 1.82. The van der Waals surface area contributed by atoms with E-state index in [1.807, 2.05) is 28.8 Å². The lowest BCUT2D eigenvalue weighted by molar-refractivity contribution is -0.120. The molecular weight excluding hydrogens is 190 g/mol. The average Bonchev–Trinajstić information content (AvgIpc) is 2.62. The van der Waals surface area contributed by atoms with Gasteiger partial charge in [-0.3, -0.25) is 4.79 Å². The summed E-state index contributed by atoms with van der Waals surface area (Å²) >= 11 is 0. The van der Waals surface area contributed by atoms with Crippen LogP contribution in [0.3, 0.4) is 0 Å². The highest BCUT2D eigenvalue weighted by Gasteiger charge is 2.10. The van der Waals surface area contributed by atoms with Gasteiger partial charge in [0.2, 0.25) is 0 Å². The second kappa shape index (κ2) is 3.82. The van der Waals surface area contributed by atoms with Crippen LogP contribution in [0.5, 0.6) is 0 Å². The molecule has 4 nitrogen and oxygen atoms in total. The number of hydrogen-bond donors (Lipinski definition) is 1. The second-order valence-corrected chi connectivity index (χ2v) is 3.62. The molecule has 2 rings (SSSR count). The van der Waals surface area contributed by atoms with Gasteiger partial charge < -0.3 is 10.3 Å². The molecule has 0 saturated heterocycles. The van der Waals surface area contributed by atoms with Gasteiger partial charge in [0.25, 0.3) is 0 Å². The summed E-state index contributed by atoms with van der Waals surface area (Å²) in [6.45, 7) is 1.99. The molecule has 1 heterocycles. The third-order valence-corrected chi connectivity index (χ3v) is 2.36. The lowest BCUT2D eigenvalue weighted by Gasteiger charge is -2.05. The highest BCUT2D eigenvalue weighted by molar-refractivity contribution is 5.85. The number of para-hydroxylation sites is 2. The van der Waals surface area contributed by atoms with Crippen molar-refractivity contribution in [3.05, 3.63) is 30.6 Å². The molecule has 0 amide bonds. The zero-order chi connectivity index (χ0) is 10.8. The maximum absolute atomic E-state index is 11.5. The molecule has 15 heavy (non-hydrogen) atoms. The summed E-state index contributed by atoms with van der Waals surface area (Å²) in [4.78, 5) is 15.7. The first-order chi connectivity index (χ1) is 7.18. The zero-order valence-corrected chi connectivity index (χ0v) is 8.55. The molecule has 1 atom stereocenters. The molecule has 0 aliphatic rings. The fourth-order valence-corrected chi connectivity index (χ4v) is 1.45. The van der Waals surface area contributed by atoms with Crippen molar-refractivity contribution in [1.82, 2.24) is 9.55 Å². The van der Waals surface area contributed by atoms with E-state index >= 15 is 0 Å². The molecule has 0 saturated carbocycles. The fraction of sp³-hybridized carbons (Fsp3) is 0.273. The molecule has 1 unspecified atom stereocenters. The van der Waals surface area contributed by atoms with Gasteiger partial charge in [0, 0.05) is 0 Å². The van der Waals surface area contributed by atoms with Gasteiger partial charge in [-0.1, -0.05) is 12.1 Å². The number of imidazole rings is 1. The number of rotatable bonds is 3. The van der Waals surface area contributed by atoms with Crippen LogP contribution in [0.2, 0.25) is 0 Å². The van der Waals surface area contributed by atoms with Crippen LogP contribution >= 0.6 is 0 Å². The normalized spacial score (nSPS) is 12.9. The van der Waals surface area contributed by atoms with E-state index < -0.39 is 6.04 Å². The standard InChI is InChI=1S/C11H13N3O/c1-8(12)11(15)6-14-7-13-9-4-2-3-5-10(9)14/h2-5,7-8H,6,12H2,1H3. The molecule has 0 bridgehead atoms. The van der Waals surface area contributed by atoms with Gasteiger partial charge in [-0.2, -0.15) is 0 Å². The Morgan fingerprint density at radius 1 is 1.53 bits per heavy atom. The van der Waals surface area contributed by atoms with Crippen molar-refractivity contribution in [1.29, 1.82) is 0 Å². The first-order valence-corrected chi connectivity index (χ1v) is 4.86. The summed E-state index contributed by atoms with van der Waals surface area (Å²) in [5.74, 6) is 0.0122. The maximum atomic E-state index is 11.5. The van der Waals surface area contributed by atoms with Crippen LogP contribution in [-0.2, 0) is 11.3 Å². The number of hydrogen-bond acceptors (Lipinski definition) is 3. The number of aromatic nitrogens is 2. The lowest BCUT2D eigenvalue weighted by Crippen LogP contribution is -2.29. The Morgan fingerprint density at radius 3 is 3.00 bits per heavy atom. The second-order valence-electron chi connectivity index (χ2n) is 3.62. The van der Waals surface area contributed by atoms with Crippen LogP contribution in [0.4, 0.5) is 0 Å². The van der Waals surface area contributed by atoms with E-state index in [0.29, 0.717) is 0 Å². The summed E-state index contributed by atoms with van der Waals surface area (Å²) in [6, 6.07) is 7.29. The third-order valence-electron chi connectivity index (χ3n) is 2.36. The van der Waals surface area contributed by atoms with Crippen LogP contribution < -0.4 is 5.73 Å². The first-order valence-electron chi connectivity index (χ1n) is 4.86. The van der Waals surface area contributed by atoms with E-state index in [1.165, 1.54) is 0 Å². The molecule has 0 aliphatic heterocycles. The monoisotopic (exact) mass is 203 g/mol. The van der Waals surface area contributed by atoms with Gasteiger partial charge in [-0.15, -0.1) is 0 Å². The number of fused-ring (bicyclic) bond motifs is 1. The third kappa shape index (κ3) is 1.89. The summed E-state index contributed by atoms with van der Waals surface area (Å²) in [6.07, 6.45) is 1.67. The Bertz CT molecular complexity index is 487. The van der Waals surface area contributed by atoms with Crippen molar-refractivity contribution < 1.29 is 4.79 Å². The number of nitrogens with zero attached hydrogens (tertiary/aromatic N) is 2. The number of ketones is 1. The smallest absolute Gasteiger partial charge is 0.168 e. The molecule has 0 aliphatic carbocycles. The number of benzene rings is 1. The average molecular weight is 203 g/mol. The summed E-state index contributed by atoms with van der Waals surface area (Å²) in [7, 11) is 0. The van der Waals surface area contributed by atoms with Crippen molar-refractivity contribution >= 4 is 16.8 Å². The van der Waals surface area contributed by atoms with Crippen molar-refractivity contribution in [2.75, 3.05) is 0 Å². The van der Waals surface area contributed by atoms with Crippen LogP contribution in [0.15, 0.2) is 30.6 Å². The topological polar surface area (TPSA) is 60.9 Å². The Balaban J connectivity index is 2.33. The Kier molecular flexibility index (Phi) is 2.51. The number of carbonyl (C=O) groups excluding carboxylic acids is 1. The zero-order valence-electron chi connectivity index (χ0n) is 8.55. The number of Topliss-reactive ketones (excluding diaryl/α,β-unsaturated/α-hetero) is 1. The predicted octanol–water partition coefficient (Wildman–Crippen LogP) is 0.953. The van der Waals surface area contributed by atoms with Crippen molar-refractivity contribution in [2.45, 2.75) is 19.5 Å². The number of carbonyl (C=O) groups is 1. The summed E-state index contributed by atoms with van der Waals surface area (Å²) in [5.41, 5.74) is 7.38. The first kappa shape index (κ1) is 9.86. The Hall–Kier alpha value is -1.68. The van der Waals surface area contributed by atoms with Gasteiger partial charge >= 0.3 is 0 Å². The predicted molar refractivity (Wildman–Crippen MR) is 58.4 cm³/mol. The van der Waals surface area contributed by atoms with E-state index in [0.717, 1.165) is 11.0 Å². The van der Waals surface area contributed by atoms with Crippen LogP contribution in [0.1, 0.15) is 6.92 Å². The largest absolute Gasteiger partial charge is 0.323 e. The minimum atomic E-state index is -0.425. The van der Waals surface area contributed by atoms with Gasteiger partial charge in [-0.05, 0) is 19.1 Å². The SMILES string of the molecule is CC(N)C(=O)Cn1cnc2ccccc21. The molecule has 0 spiro atoms. The number of nitrogens with two attached hydrogens (primary N) is 1. The highest BCUT2D eigenvalue weighted by atomic mass is 16.1. The quantitative estimate of drug-likeness (QED) is 0.808. The fourth-order valence-electron chi connectivity index (χ4n) is 1.45. The van der Waals surface area contributed by atoms with E-state index in [4.69, 9.17) is 5.73 Å². The van der Waals surface area contributed by atoms with Crippen molar-refractivity contribution in [3.63, 3.8) is 0 Å². The molecular formula is C11H13N3O. The Morgan fingerprint density at radius 2 is 2.27 bits per heavy atom.